The molecular weight excluding hydrogens is 360 g/mol. The molecule has 1 aliphatic carbocycles. The van der Waals surface area contributed by atoms with Gasteiger partial charge < -0.3 is 4.90 Å². The van der Waals surface area contributed by atoms with Crippen molar-refractivity contribution in [3.05, 3.63) is 46.6 Å². The van der Waals surface area contributed by atoms with Crippen LogP contribution in [0, 0.1) is 13.8 Å². The minimum absolute atomic E-state index is 0.421. The lowest BCUT2D eigenvalue weighted by molar-refractivity contribution is 0.383. The molecule has 7 heteroatoms. The highest BCUT2D eigenvalue weighted by Gasteiger charge is 2.30. The Hall–Kier alpha value is -1.99. The van der Waals surface area contributed by atoms with Gasteiger partial charge in [-0.2, -0.15) is 9.40 Å². The Balaban J connectivity index is 1.49. The first-order valence-corrected chi connectivity index (χ1v) is 11.1. The summed E-state index contributed by atoms with van der Waals surface area (Å²) in [5, 5.41) is 8.80. The average Bonchev–Trinajstić information content (AvgIpc) is 2.69. The highest BCUT2D eigenvalue weighted by atomic mass is 32.2. The van der Waals surface area contributed by atoms with Gasteiger partial charge >= 0.3 is 0 Å². The molecule has 1 aromatic carbocycles. The third-order valence-electron chi connectivity index (χ3n) is 5.58. The number of fused-ring (bicyclic) bond motifs is 1. The number of hydrogen-bond donors (Lipinski definition) is 0. The monoisotopic (exact) mass is 386 g/mol. The van der Waals surface area contributed by atoms with Crippen LogP contribution in [0.15, 0.2) is 29.2 Å². The Morgan fingerprint density at radius 3 is 2.44 bits per heavy atom. The molecule has 1 aromatic heterocycles. The summed E-state index contributed by atoms with van der Waals surface area (Å²) in [5.74, 6) is 0.874. The molecule has 0 amide bonds. The van der Waals surface area contributed by atoms with Crippen LogP contribution in [0.1, 0.15) is 35.2 Å². The van der Waals surface area contributed by atoms with E-state index in [1.807, 2.05) is 26.0 Å². The van der Waals surface area contributed by atoms with E-state index in [-0.39, 0.29) is 0 Å². The molecule has 27 heavy (non-hydrogen) atoms. The van der Waals surface area contributed by atoms with Crippen LogP contribution in [0.5, 0.6) is 0 Å². The van der Waals surface area contributed by atoms with Crippen molar-refractivity contribution in [1.82, 2.24) is 14.5 Å². The number of aryl methyl sites for hydroxylation is 4. The van der Waals surface area contributed by atoms with Gasteiger partial charge in [-0.05, 0) is 68.4 Å². The molecule has 1 saturated heterocycles. The topological polar surface area (TPSA) is 66.4 Å². The summed E-state index contributed by atoms with van der Waals surface area (Å²) in [7, 11) is -3.46. The number of aromatic nitrogens is 2. The lowest BCUT2D eigenvalue weighted by Crippen LogP contribution is -2.49. The first-order chi connectivity index (χ1) is 12.9. The predicted octanol–water partition coefficient (Wildman–Crippen LogP) is 2.48. The second-order valence-corrected chi connectivity index (χ2v) is 9.45. The molecule has 0 spiro atoms. The fourth-order valence-corrected chi connectivity index (χ4v) is 5.65. The summed E-state index contributed by atoms with van der Waals surface area (Å²) in [6, 6.07) is 7.74. The Morgan fingerprint density at radius 2 is 1.67 bits per heavy atom. The summed E-state index contributed by atoms with van der Waals surface area (Å²) >= 11 is 0. The van der Waals surface area contributed by atoms with Gasteiger partial charge in [-0.1, -0.05) is 12.1 Å². The molecule has 1 aliphatic heterocycles. The first kappa shape index (κ1) is 18.4. The van der Waals surface area contributed by atoms with E-state index in [4.69, 9.17) is 0 Å². The van der Waals surface area contributed by atoms with Crippen molar-refractivity contribution in [2.24, 2.45) is 0 Å². The molecule has 4 rings (SSSR count). The molecule has 2 heterocycles. The summed E-state index contributed by atoms with van der Waals surface area (Å²) in [6.45, 7) is 5.98. The molecule has 2 aromatic rings. The molecule has 6 nitrogen and oxygen atoms in total. The zero-order valence-electron chi connectivity index (χ0n) is 16.0. The van der Waals surface area contributed by atoms with E-state index < -0.39 is 10.0 Å². The maximum atomic E-state index is 13.1. The van der Waals surface area contributed by atoms with E-state index in [1.54, 1.807) is 10.4 Å². The fourth-order valence-electron chi connectivity index (χ4n) is 3.92. The van der Waals surface area contributed by atoms with Crippen molar-refractivity contribution in [2.45, 2.75) is 44.4 Å². The van der Waals surface area contributed by atoms with E-state index in [0.29, 0.717) is 31.1 Å². The number of anilines is 1. The standard InChI is InChI=1S/C20H26N4O2S/c1-15-7-8-16(2)19(13-15)27(25,26)24-11-9-23(10-12-24)20-14-17-5-3-4-6-18(17)21-22-20/h7-8,13-14H,3-6,9-12H2,1-2H3. The van der Waals surface area contributed by atoms with Gasteiger partial charge in [-0.15, -0.1) is 5.10 Å². The van der Waals surface area contributed by atoms with E-state index in [0.717, 1.165) is 35.5 Å². The van der Waals surface area contributed by atoms with Gasteiger partial charge in [0.2, 0.25) is 10.0 Å². The van der Waals surface area contributed by atoms with Gasteiger partial charge in [0, 0.05) is 26.2 Å². The lowest BCUT2D eigenvalue weighted by Gasteiger charge is -2.35. The van der Waals surface area contributed by atoms with E-state index in [9.17, 15) is 8.42 Å². The maximum absolute atomic E-state index is 13.1. The molecule has 144 valence electrons. The normalized spacial score (nSPS) is 18.4. The van der Waals surface area contributed by atoms with Gasteiger partial charge in [-0.25, -0.2) is 8.42 Å². The number of piperazine rings is 1. The molecule has 0 unspecified atom stereocenters. The Labute approximate surface area is 161 Å². The highest BCUT2D eigenvalue weighted by Crippen LogP contribution is 2.25. The van der Waals surface area contributed by atoms with Crippen LogP contribution in [-0.4, -0.2) is 49.1 Å². The van der Waals surface area contributed by atoms with Crippen LogP contribution in [0.25, 0.3) is 0 Å². The summed E-state index contributed by atoms with van der Waals surface area (Å²) in [5.41, 5.74) is 4.18. The second kappa shape index (κ2) is 7.20. The van der Waals surface area contributed by atoms with Crippen LogP contribution < -0.4 is 4.90 Å². The van der Waals surface area contributed by atoms with Crippen LogP contribution in [0.3, 0.4) is 0 Å². The molecule has 0 saturated carbocycles. The van der Waals surface area contributed by atoms with Crippen molar-refractivity contribution < 1.29 is 8.42 Å². The molecule has 0 N–H and O–H groups in total. The lowest BCUT2D eigenvalue weighted by atomic mass is 9.97. The number of sulfonamides is 1. The summed E-state index contributed by atoms with van der Waals surface area (Å²) < 4.78 is 27.7. The maximum Gasteiger partial charge on any atom is 0.243 e. The van der Waals surface area contributed by atoms with Crippen molar-refractivity contribution in [3.63, 3.8) is 0 Å². The van der Waals surface area contributed by atoms with Crippen molar-refractivity contribution >= 4 is 15.8 Å². The quantitative estimate of drug-likeness (QED) is 0.811. The van der Waals surface area contributed by atoms with Crippen LogP contribution in [0.2, 0.25) is 0 Å². The second-order valence-electron chi connectivity index (χ2n) is 7.54. The van der Waals surface area contributed by atoms with Gasteiger partial charge in [-0.3, -0.25) is 0 Å². The number of benzene rings is 1. The zero-order chi connectivity index (χ0) is 19.0. The third-order valence-corrected chi connectivity index (χ3v) is 7.62. The number of rotatable bonds is 3. The fraction of sp³-hybridized carbons (Fsp3) is 0.500. The van der Waals surface area contributed by atoms with Crippen LogP contribution in [0.4, 0.5) is 5.82 Å². The first-order valence-electron chi connectivity index (χ1n) is 9.63. The van der Waals surface area contributed by atoms with Crippen molar-refractivity contribution in [2.75, 3.05) is 31.1 Å². The number of nitrogens with zero attached hydrogens (tertiary/aromatic N) is 4. The summed E-state index contributed by atoms with van der Waals surface area (Å²) in [4.78, 5) is 2.57. The Kier molecular flexibility index (Phi) is 4.90. The van der Waals surface area contributed by atoms with E-state index in [2.05, 4.69) is 21.2 Å². The van der Waals surface area contributed by atoms with E-state index in [1.165, 1.54) is 18.4 Å². The van der Waals surface area contributed by atoms with Gasteiger partial charge in [0.1, 0.15) is 0 Å². The molecule has 0 radical (unpaired) electrons. The molecule has 2 aliphatic rings. The van der Waals surface area contributed by atoms with Gasteiger partial charge in [0.05, 0.1) is 10.6 Å². The predicted molar refractivity (Wildman–Crippen MR) is 106 cm³/mol. The van der Waals surface area contributed by atoms with Gasteiger partial charge in [0.25, 0.3) is 0 Å². The van der Waals surface area contributed by atoms with E-state index >= 15 is 0 Å². The van der Waals surface area contributed by atoms with Crippen molar-refractivity contribution in [1.29, 1.82) is 0 Å². The third kappa shape index (κ3) is 3.58. The molecule has 1 fully saturated rings. The Morgan fingerprint density at radius 1 is 0.926 bits per heavy atom. The SMILES string of the molecule is Cc1ccc(C)c(S(=O)(=O)N2CCN(c3cc4c(nn3)CCCC4)CC2)c1. The minimum atomic E-state index is -3.46. The van der Waals surface area contributed by atoms with Crippen LogP contribution >= 0.6 is 0 Å². The summed E-state index contributed by atoms with van der Waals surface area (Å²) in [6.07, 6.45) is 4.49. The number of hydrogen-bond acceptors (Lipinski definition) is 5. The van der Waals surface area contributed by atoms with Gasteiger partial charge in [0.15, 0.2) is 5.82 Å². The Bertz CT molecular complexity index is 950. The molecule has 0 bridgehead atoms. The molecule has 0 atom stereocenters. The average molecular weight is 387 g/mol. The van der Waals surface area contributed by atoms with Crippen LogP contribution in [-0.2, 0) is 22.9 Å². The highest BCUT2D eigenvalue weighted by molar-refractivity contribution is 7.89. The largest absolute Gasteiger partial charge is 0.352 e. The zero-order valence-corrected chi connectivity index (χ0v) is 16.8. The smallest absolute Gasteiger partial charge is 0.243 e. The molecular formula is C20H26N4O2S. The van der Waals surface area contributed by atoms with Crippen molar-refractivity contribution in [3.8, 4) is 0 Å². The minimum Gasteiger partial charge on any atom is -0.352 e.